The fourth-order valence-electron chi connectivity index (χ4n) is 7.47. The molecule has 0 atom stereocenters. The van der Waals surface area contributed by atoms with Crippen LogP contribution in [0.5, 0.6) is 0 Å². The van der Waals surface area contributed by atoms with Crippen LogP contribution >= 0.6 is 0 Å². The Hall–Kier alpha value is -4.56. The van der Waals surface area contributed by atoms with E-state index in [0.717, 1.165) is 0 Å². The molecule has 0 bridgehead atoms. The number of anilines is 3. The van der Waals surface area contributed by atoms with Crippen LogP contribution in [0.2, 0.25) is 0 Å². The van der Waals surface area contributed by atoms with Crippen LogP contribution in [0.3, 0.4) is 0 Å². The van der Waals surface area contributed by atoms with Crippen molar-refractivity contribution in [3.8, 4) is 16.9 Å². The molecule has 1 aliphatic heterocycles. The van der Waals surface area contributed by atoms with Gasteiger partial charge in [-0.2, -0.15) is 0 Å². The minimum Gasteiger partial charge on any atom is -0.310 e. The van der Waals surface area contributed by atoms with Crippen LogP contribution in [-0.4, -0.2) is 4.57 Å². The molecule has 0 radical (unpaired) electrons. The Bertz CT molecular complexity index is 1910. The van der Waals surface area contributed by atoms with Gasteiger partial charge in [0.1, 0.15) is 0 Å². The molecule has 6 aromatic rings. The van der Waals surface area contributed by atoms with Gasteiger partial charge in [-0.15, -0.1) is 0 Å². The lowest BCUT2D eigenvalue weighted by atomic mass is 9.73. The van der Waals surface area contributed by atoms with Crippen LogP contribution < -0.4 is 4.90 Å². The van der Waals surface area contributed by atoms with Gasteiger partial charge in [-0.3, -0.25) is 0 Å². The van der Waals surface area contributed by atoms with Crippen molar-refractivity contribution in [2.24, 2.45) is 0 Å². The maximum Gasteiger partial charge on any atom is 0.0585 e. The second kappa shape index (κ2) is 7.99. The van der Waals surface area contributed by atoms with Gasteiger partial charge in [0.2, 0.25) is 0 Å². The third kappa shape index (κ3) is 2.94. The Morgan fingerprint density at radius 3 is 1.75 bits per heavy atom. The Kier molecular flexibility index (Phi) is 4.66. The van der Waals surface area contributed by atoms with Crippen molar-refractivity contribution in [1.82, 2.24) is 4.57 Å². The first kappa shape index (κ1) is 23.3. The fourth-order valence-corrected chi connectivity index (χ4v) is 7.47. The van der Waals surface area contributed by atoms with Gasteiger partial charge in [-0.25, -0.2) is 0 Å². The first-order chi connectivity index (χ1) is 19.4. The Morgan fingerprint density at radius 1 is 0.500 bits per heavy atom. The third-order valence-corrected chi connectivity index (χ3v) is 9.34. The molecule has 0 fully saturated rings. The maximum absolute atomic E-state index is 2.48. The summed E-state index contributed by atoms with van der Waals surface area (Å²) in [7, 11) is 0. The van der Waals surface area contributed by atoms with Crippen LogP contribution in [0.15, 0.2) is 121 Å². The molecule has 2 heterocycles. The highest BCUT2D eigenvalue weighted by Gasteiger charge is 2.41. The molecule has 2 heteroatoms. The average Bonchev–Trinajstić information content (AvgIpc) is 3.44. The lowest BCUT2D eigenvalue weighted by molar-refractivity contribution is 0.632. The van der Waals surface area contributed by atoms with Crippen molar-refractivity contribution in [2.45, 2.75) is 38.5 Å². The second-order valence-corrected chi connectivity index (χ2v) is 12.3. The standard InChI is InChI=1S/C38H32N2/c1-37(2)30-18-10-12-20-33(30)39(34-21-13-11-19-31(34)37)26-22-23-32-28(24-26)35-36(40(32)25-14-6-5-7-15-25)27-16-8-9-17-29(27)38(35,3)4/h5-24H,1-4H3. The Morgan fingerprint density at radius 2 is 1.07 bits per heavy atom. The first-order valence-electron chi connectivity index (χ1n) is 14.2. The predicted octanol–water partition coefficient (Wildman–Crippen LogP) is 10.0. The minimum absolute atomic E-state index is 0.0741. The van der Waals surface area contributed by atoms with Crippen molar-refractivity contribution in [1.29, 1.82) is 0 Å². The van der Waals surface area contributed by atoms with Crippen LogP contribution in [-0.2, 0) is 10.8 Å². The summed E-state index contributed by atoms with van der Waals surface area (Å²) in [5, 5.41) is 1.32. The van der Waals surface area contributed by atoms with E-state index in [-0.39, 0.29) is 10.8 Å². The van der Waals surface area contributed by atoms with E-state index in [1.807, 2.05) is 0 Å². The molecular weight excluding hydrogens is 484 g/mol. The molecule has 2 aliphatic rings. The third-order valence-electron chi connectivity index (χ3n) is 9.34. The van der Waals surface area contributed by atoms with Crippen molar-refractivity contribution in [3.05, 3.63) is 144 Å². The summed E-state index contributed by atoms with van der Waals surface area (Å²) in [5.74, 6) is 0. The highest BCUT2D eigenvalue weighted by atomic mass is 15.2. The van der Waals surface area contributed by atoms with Crippen molar-refractivity contribution in [3.63, 3.8) is 0 Å². The zero-order valence-corrected chi connectivity index (χ0v) is 23.4. The van der Waals surface area contributed by atoms with Gasteiger partial charge in [0.25, 0.3) is 0 Å². The number of benzene rings is 5. The topological polar surface area (TPSA) is 8.17 Å². The van der Waals surface area contributed by atoms with Gasteiger partial charge >= 0.3 is 0 Å². The smallest absolute Gasteiger partial charge is 0.0585 e. The number of para-hydroxylation sites is 3. The monoisotopic (exact) mass is 516 g/mol. The largest absolute Gasteiger partial charge is 0.310 e. The molecule has 0 saturated carbocycles. The lowest BCUT2D eigenvalue weighted by Crippen LogP contribution is -2.30. The number of rotatable bonds is 2. The molecule has 0 N–H and O–H groups in total. The van der Waals surface area contributed by atoms with E-state index in [1.54, 1.807) is 0 Å². The molecule has 0 amide bonds. The van der Waals surface area contributed by atoms with Gasteiger partial charge in [0.15, 0.2) is 0 Å². The van der Waals surface area contributed by atoms with Crippen molar-refractivity contribution >= 4 is 28.0 Å². The van der Waals surface area contributed by atoms with Gasteiger partial charge in [-0.1, -0.05) is 107 Å². The van der Waals surface area contributed by atoms with Gasteiger partial charge in [0, 0.05) is 33.2 Å². The van der Waals surface area contributed by atoms with Crippen LogP contribution in [0.4, 0.5) is 17.1 Å². The lowest BCUT2D eigenvalue weighted by Gasteiger charge is -2.42. The SMILES string of the molecule is CC1(C)c2ccccc2N(c2ccc3c(c2)c2c(n3-c3ccccc3)-c3ccccc3C2(C)C)c2ccccc21. The van der Waals surface area contributed by atoms with Crippen molar-refractivity contribution in [2.75, 3.05) is 4.90 Å². The summed E-state index contributed by atoms with van der Waals surface area (Å²) >= 11 is 0. The summed E-state index contributed by atoms with van der Waals surface area (Å²) in [4.78, 5) is 2.47. The maximum atomic E-state index is 2.48. The summed E-state index contributed by atoms with van der Waals surface area (Å²) in [6.07, 6.45) is 0. The van der Waals surface area contributed by atoms with E-state index in [9.17, 15) is 0 Å². The van der Waals surface area contributed by atoms with E-state index in [0.29, 0.717) is 0 Å². The Labute approximate surface area is 236 Å². The predicted molar refractivity (Wildman–Crippen MR) is 168 cm³/mol. The molecule has 0 saturated heterocycles. The normalized spacial score (nSPS) is 15.8. The van der Waals surface area contributed by atoms with E-state index < -0.39 is 0 Å². The number of aromatic nitrogens is 1. The highest BCUT2D eigenvalue weighted by Crippen LogP contribution is 2.56. The molecule has 1 aliphatic carbocycles. The number of hydrogen-bond acceptors (Lipinski definition) is 1. The number of nitrogens with zero attached hydrogens (tertiary/aromatic N) is 2. The fraction of sp³-hybridized carbons (Fsp3) is 0.158. The number of hydrogen-bond donors (Lipinski definition) is 0. The summed E-state index contributed by atoms with van der Waals surface area (Å²) in [5.41, 5.74) is 14.1. The van der Waals surface area contributed by atoms with E-state index in [2.05, 4.69) is 158 Å². The molecular formula is C38H32N2. The minimum atomic E-state index is -0.109. The first-order valence-corrected chi connectivity index (χ1v) is 14.2. The average molecular weight is 517 g/mol. The molecule has 0 unspecified atom stereocenters. The van der Waals surface area contributed by atoms with Gasteiger partial charge in [0.05, 0.1) is 22.6 Å². The zero-order valence-electron chi connectivity index (χ0n) is 23.4. The molecule has 2 nitrogen and oxygen atoms in total. The van der Waals surface area contributed by atoms with Gasteiger partial charge < -0.3 is 9.47 Å². The number of fused-ring (bicyclic) bond motifs is 7. The quantitative estimate of drug-likeness (QED) is 0.222. The van der Waals surface area contributed by atoms with E-state index in [4.69, 9.17) is 0 Å². The molecule has 5 aromatic carbocycles. The zero-order chi connectivity index (χ0) is 27.2. The van der Waals surface area contributed by atoms with E-state index in [1.165, 1.54) is 67.2 Å². The second-order valence-electron chi connectivity index (χ2n) is 12.3. The van der Waals surface area contributed by atoms with E-state index >= 15 is 0 Å². The van der Waals surface area contributed by atoms with Crippen LogP contribution in [0.25, 0.3) is 27.8 Å². The summed E-state index contributed by atoms with van der Waals surface area (Å²) in [6.45, 7) is 9.45. The molecule has 194 valence electrons. The molecule has 8 rings (SSSR count). The highest BCUT2D eigenvalue weighted by molar-refractivity contribution is 6.02. The molecule has 1 aromatic heterocycles. The summed E-state index contributed by atoms with van der Waals surface area (Å²) < 4.78 is 2.48. The summed E-state index contributed by atoms with van der Waals surface area (Å²) in [6, 6.07) is 44.6. The molecule has 0 spiro atoms. The van der Waals surface area contributed by atoms with Crippen LogP contribution in [0, 0.1) is 0 Å². The molecule has 40 heavy (non-hydrogen) atoms. The van der Waals surface area contributed by atoms with Gasteiger partial charge in [-0.05, 0) is 64.7 Å². The van der Waals surface area contributed by atoms with Crippen LogP contribution in [0.1, 0.15) is 49.9 Å². The Balaban J connectivity index is 1.45. The van der Waals surface area contributed by atoms with Crippen molar-refractivity contribution < 1.29 is 0 Å².